The first kappa shape index (κ1) is 16.5. The minimum absolute atomic E-state index is 0.0346. The average Bonchev–Trinajstić information content (AvgIpc) is 2.39. The van der Waals surface area contributed by atoms with Crippen LogP contribution in [-0.4, -0.2) is 41.1 Å². The van der Waals surface area contributed by atoms with E-state index >= 15 is 0 Å². The van der Waals surface area contributed by atoms with Crippen LogP contribution in [0.4, 0.5) is 0 Å². The van der Waals surface area contributed by atoms with E-state index in [2.05, 4.69) is 15.9 Å². The van der Waals surface area contributed by atoms with Crippen molar-refractivity contribution in [3.63, 3.8) is 0 Å². The lowest BCUT2D eigenvalue weighted by Gasteiger charge is -2.23. The molecule has 5 nitrogen and oxygen atoms in total. The van der Waals surface area contributed by atoms with E-state index in [4.69, 9.17) is 9.84 Å². The number of amides is 1. The van der Waals surface area contributed by atoms with Gasteiger partial charge < -0.3 is 14.7 Å². The van der Waals surface area contributed by atoms with Gasteiger partial charge in [0.15, 0.2) is 6.10 Å². The molecule has 0 aliphatic heterocycles. The van der Waals surface area contributed by atoms with Gasteiger partial charge in [0.05, 0.1) is 0 Å². The summed E-state index contributed by atoms with van der Waals surface area (Å²) in [5.74, 6) is -1.07. The summed E-state index contributed by atoms with van der Waals surface area (Å²) >= 11 is 3.26. The fourth-order valence-corrected chi connectivity index (χ4v) is 2.14. The number of carboxylic acid groups (broad SMARTS) is 1. The third kappa shape index (κ3) is 3.96. The summed E-state index contributed by atoms with van der Waals surface area (Å²) in [6, 6.07) is 4.61. The summed E-state index contributed by atoms with van der Waals surface area (Å²) in [5.41, 5.74) is 0.0346. The summed E-state index contributed by atoms with van der Waals surface area (Å²) in [5, 5.41) is 9.12. The van der Waals surface area contributed by atoms with Crippen LogP contribution in [0.25, 0.3) is 0 Å². The van der Waals surface area contributed by atoms with Gasteiger partial charge in [-0.25, -0.2) is 4.79 Å². The van der Waals surface area contributed by atoms with Gasteiger partial charge in [-0.05, 0) is 39.0 Å². The predicted octanol–water partition coefficient (Wildman–Crippen LogP) is 2.78. The lowest BCUT2D eigenvalue weighted by molar-refractivity contribution is -0.137. The zero-order chi connectivity index (χ0) is 15.3. The van der Waals surface area contributed by atoms with Crippen LogP contribution in [0.5, 0.6) is 5.75 Å². The van der Waals surface area contributed by atoms with E-state index in [9.17, 15) is 9.59 Å². The second-order valence-electron chi connectivity index (χ2n) is 4.22. The van der Waals surface area contributed by atoms with Crippen molar-refractivity contribution in [1.82, 2.24) is 4.90 Å². The molecular weight excluding hydrogens is 326 g/mol. The molecule has 1 N–H and O–H groups in total. The van der Waals surface area contributed by atoms with Gasteiger partial charge in [-0.2, -0.15) is 0 Å². The molecule has 1 amide bonds. The van der Waals surface area contributed by atoms with E-state index in [-0.39, 0.29) is 17.2 Å². The number of hydrogen-bond acceptors (Lipinski definition) is 3. The standard InChI is InChI=1S/C14H18BrNO4/c1-4-16(5-2)13(17)9(3)20-12-8-10(15)6-7-11(12)14(18)19/h6-9H,4-5H2,1-3H3,(H,18,19). The number of halogens is 1. The third-order valence-electron chi connectivity index (χ3n) is 2.90. The van der Waals surface area contributed by atoms with Gasteiger partial charge in [-0.3, -0.25) is 4.79 Å². The Bertz CT molecular complexity index is 500. The van der Waals surface area contributed by atoms with Crippen LogP contribution in [0.15, 0.2) is 22.7 Å². The van der Waals surface area contributed by atoms with Crippen LogP contribution in [-0.2, 0) is 4.79 Å². The first-order valence-corrected chi connectivity index (χ1v) is 7.18. The lowest BCUT2D eigenvalue weighted by Crippen LogP contribution is -2.40. The molecule has 1 rings (SSSR count). The molecule has 0 radical (unpaired) electrons. The average molecular weight is 344 g/mol. The number of carbonyl (C=O) groups is 2. The van der Waals surface area contributed by atoms with Gasteiger partial charge in [0.2, 0.25) is 0 Å². The van der Waals surface area contributed by atoms with E-state index in [1.54, 1.807) is 24.0 Å². The molecule has 110 valence electrons. The van der Waals surface area contributed by atoms with Crippen molar-refractivity contribution in [3.8, 4) is 5.75 Å². The predicted molar refractivity (Wildman–Crippen MR) is 79.1 cm³/mol. The first-order valence-electron chi connectivity index (χ1n) is 6.38. The van der Waals surface area contributed by atoms with Gasteiger partial charge in [-0.15, -0.1) is 0 Å². The molecule has 0 fully saturated rings. The van der Waals surface area contributed by atoms with Crippen molar-refractivity contribution in [2.75, 3.05) is 13.1 Å². The second kappa shape index (κ2) is 7.28. The molecule has 0 aromatic heterocycles. The van der Waals surface area contributed by atoms with Crippen molar-refractivity contribution in [1.29, 1.82) is 0 Å². The minimum Gasteiger partial charge on any atom is -0.480 e. The van der Waals surface area contributed by atoms with Crippen LogP contribution in [0.1, 0.15) is 31.1 Å². The van der Waals surface area contributed by atoms with Crippen LogP contribution in [0.2, 0.25) is 0 Å². The maximum Gasteiger partial charge on any atom is 0.339 e. The normalized spacial score (nSPS) is 11.8. The molecule has 1 aromatic carbocycles. The first-order chi connectivity index (χ1) is 9.40. The molecule has 0 saturated carbocycles. The van der Waals surface area contributed by atoms with Gasteiger partial charge >= 0.3 is 5.97 Å². The SMILES string of the molecule is CCN(CC)C(=O)C(C)Oc1cc(Br)ccc1C(=O)O. The van der Waals surface area contributed by atoms with Crippen LogP contribution in [0.3, 0.4) is 0 Å². The number of hydrogen-bond donors (Lipinski definition) is 1. The monoisotopic (exact) mass is 343 g/mol. The Kier molecular flexibility index (Phi) is 6.01. The molecule has 1 aromatic rings. The number of ether oxygens (including phenoxy) is 1. The topological polar surface area (TPSA) is 66.8 Å². The highest BCUT2D eigenvalue weighted by Gasteiger charge is 2.22. The molecule has 6 heteroatoms. The molecule has 1 atom stereocenters. The largest absolute Gasteiger partial charge is 0.480 e. The number of likely N-dealkylation sites (N-methyl/N-ethyl adjacent to an activating group) is 1. The van der Waals surface area contributed by atoms with Crippen molar-refractivity contribution < 1.29 is 19.4 Å². The number of rotatable bonds is 6. The quantitative estimate of drug-likeness (QED) is 0.862. The summed E-state index contributed by atoms with van der Waals surface area (Å²) in [6.07, 6.45) is -0.734. The highest BCUT2D eigenvalue weighted by Crippen LogP contribution is 2.25. The lowest BCUT2D eigenvalue weighted by atomic mass is 10.2. The molecular formula is C14H18BrNO4. The molecule has 0 saturated heterocycles. The minimum atomic E-state index is -1.09. The molecule has 0 aliphatic rings. The van der Waals surface area contributed by atoms with Crippen molar-refractivity contribution in [2.24, 2.45) is 0 Å². The summed E-state index contributed by atoms with van der Waals surface area (Å²) in [7, 11) is 0. The zero-order valence-corrected chi connectivity index (χ0v) is 13.3. The highest BCUT2D eigenvalue weighted by molar-refractivity contribution is 9.10. The summed E-state index contributed by atoms with van der Waals surface area (Å²) < 4.78 is 6.23. The molecule has 0 aliphatic carbocycles. The van der Waals surface area contributed by atoms with Gasteiger partial charge in [0, 0.05) is 17.6 Å². The van der Waals surface area contributed by atoms with E-state index < -0.39 is 12.1 Å². The number of carboxylic acids is 1. The third-order valence-corrected chi connectivity index (χ3v) is 3.39. The molecule has 0 bridgehead atoms. The number of nitrogens with zero attached hydrogens (tertiary/aromatic N) is 1. The van der Waals surface area contributed by atoms with Crippen LogP contribution < -0.4 is 4.74 Å². The fraction of sp³-hybridized carbons (Fsp3) is 0.429. The summed E-state index contributed by atoms with van der Waals surface area (Å²) in [4.78, 5) is 24.9. The Morgan fingerprint density at radius 3 is 2.45 bits per heavy atom. The molecule has 1 unspecified atom stereocenters. The Morgan fingerprint density at radius 2 is 1.95 bits per heavy atom. The van der Waals surface area contributed by atoms with E-state index in [1.165, 1.54) is 6.07 Å². The van der Waals surface area contributed by atoms with Crippen molar-refractivity contribution in [2.45, 2.75) is 26.9 Å². The fourth-order valence-electron chi connectivity index (χ4n) is 1.80. The summed E-state index contributed by atoms with van der Waals surface area (Å²) in [6.45, 7) is 6.57. The smallest absolute Gasteiger partial charge is 0.339 e. The molecule has 0 heterocycles. The highest BCUT2D eigenvalue weighted by atomic mass is 79.9. The van der Waals surface area contributed by atoms with Gasteiger partial charge in [0.1, 0.15) is 11.3 Å². The number of aromatic carboxylic acids is 1. The second-order valence-corrected chi connectivity index (χ2v) is 5.13. The Balaban J connectivity index is 2.95. The van der Waals surface area contributed by atoms with Crippen LogP contribution >= 0.6 is 15.9 Å². The maximum absolute atomic E-state index is 12.1. The van der Waals surface area contributed by atoms with Gasteiger partial charge in [-0.1, -0.05) is 15.9 Å². The van der Waals surface area contributed by atoms with Gasteiger partial charge in [0.25, 0.3) is 5.91 Å². The van der Waals surface area contributed by atoms with Crippen molar-refractivity contribution in [3.05, 3.63) is 28.2 Å². The van der Waals surface area contributed by atoms with E-state index in [0.29, 0.717) is 17.6 Å². The van der Waals surface area contributed by atoms with E-state index in [0.717, 1.165) is 0 Å². The maximum atomic E-state index is 12.1. The Hall–Kier alpha value is -1.56. The Labute approximate surface area is 126 Å². The Morgan fingerprint density at radius 1 is 1.35 bits per heavy atom. The molecule has 20 heavy (non-hydrogen) atoms. The van der Waals surface area contributed by atoms with Crippen LogP contribution in [0, 0.1) is 0 Å². The number of benzene rings is 1. The van der Waals surface area contributed by atoms with Crippen molar-refractivity contribution >= 4 is 27.8 Å². The van der Waals surface area contributed by atoms with E-state index in [1.807, 2.05) is 13.8 Å². The molecule has 0 spiro atoms. The number of carbonyl (C=O) groups excluding carboxylic acids is 1. The zero-order valence-electron chi connectivity index (χ0n) is 11.7.